The smallest absolute Gasteiger partial charge is 0.476 e. The molecule has 4 aromatic rings. The number of hydrogen-bond acceptors (Lipinski definition) is 37. The van der Waals surface area contributed by atoms with Gasteiger partial charge in [-0.25, -0.2) is 73.9 Å². The molecule has 117 heavy (non-hydrogen) atoms. The molecule has 10 aliphatic heterocycles. The second-order valence-electron chi connectivity index (χ2n) is 29.5. The van der Waals surface area contributed by atoms with Crippen molar-refractivity contribution in [2.75, 3.05) is 73.0 Å². The number of alkyl halides is 6. The number of halogens is 6. The maximum absolute atomic E-state index is 16.0. The summed E-state index contributed by atoms with van der Waals surface area (Å²) in [6.07, 6.45) is -6.46. The summed E-state index contributed by atoms with van der Waals surface area (Å²) in [5.41, 5.74) is -11.2. The Morgan fingerprint density at radius 2 is 0.974 bits per heavy atom. The van der Waals surface area contributed by atoms with Crippen LogP contribution in [0.1, 0.15) is 114 Å². The second-order valence-corrected chi connectivity index (χ2v) is 35.9. The number of phosphoric acid groups is 4. The Morgan fingerprint density at radius 3 is 1.37 bits per heavy atom. The molecule has 51 heteroatoms. The lowest BCUT2D eigenvalue weighted by Gasteiger charge is -2.41. The van der Waals surface area contributed by atoms with E-state index in [9.17, 15) is 51.6 Å². The van der Waals surface area contributed by atoms with Crippen LogP contribution in [0.25, 0.3) is 22.3 Å². The lowest BCUT2D eigenvalue weighted by atomic mass is 9.88. The minimum Gasteiger partial charge on any atom is -0.476 e. The number of ether oxygens (including phenoxy) is 8. The van der Waals surface area contributed by atoms with E-state index in [0.29, 0.717) is 24.9 Å². The molecular formula is C66H92F6N12O29P4. The van der Waals surface area contributed by atoms with Gasteiger partial charge >= 0.3 is 37.4 Å². The molecule has 14 heterocycles. The molecule has 10 aliphatic rings. The van der Waals surface area contributed by atoms with Crippen LogP contribution in [0.3, 0.4) is 0 Å². The lowest BCUT2D eigenvalue weighted by Crippen LogP contribution is -2.58. The predicted octanol–water partition coefficient (Wildman–Crippen LogP) is 9.11. The van der Waals surface area contributed by atoms with Gasteiger partial charge in [0.15, 0.2) is 82.0 Å². The van der Waals surface area contributed by atoms with Crippen LogP contribution in [0.5, 0.6) is 11.8 Å². The Hall–Kier alpha value is -6.75. The van der Waals surface area contributed by atoms with Crippen LogP contribution in [-0.4, -0.2) is 245 Å². The van der Waals surface area contributed by atoms with Gasteiger partial charge < -0.3 is 68.5 Å². The summed E-state index contributed by atoms with van der Waals surface area (Å²) in [5.74, 6) is -4.82. The Morgan fingerprint density at radius 1 is 0.573 bits per heavy atom. The highest BCUT2D eigenvalue weighted by Gasteiger charge is 2.74. The molecule has 14 rings (SSSR count). The van der Waals surface area contributed by atoms with E-state index >= 15 is 17.6 Å². The highest BCUT2D eigenvalue weighted by molar-refractivity contribution is 7.49. The Balaban J connectivity index is 0.000000154. The van der Waals surface area contributed by atoms with Crippen LogP contribution >= 0.6 is 31.3 Å². The van der Waals surface area contributed by atoms with Gasteiger partial charge in [0, 0.05) is 24.6 Å². The predicted molar refractivity (Wildman–Crippen MR) is 385 cm³/mol. The molecule has 0 aliphatic carbocycles. The number of amides is 2. The number of nitrogens with one attached hydrogen (secondary N) is 2. The third kappa shape index (κ3) is 18.1. The number of rotatable bonds is 21. The first kappa shape index (κ1) is 91.0. The number of aromatic nitrogens is 8. The fourth-order valence-electron chi connectivity index (χ4n) is 13.6. The number of aryl methyl sites for hydroxylation is 2. The van der Waals surface area contributed by atoms with Crippen LogP contribution in [-0.2, 0) is 111 Å². The van der Waals surface area contributed by atoms with Crippen molar-refractivity contribution in [1.29, 1.82) is 0 Å². The largest absolute Gasteiger partial charge is 0.510 e. The van der Waals surface area contributed by atoms with Crippen molar-refractivity contribution in [3.8, 4) is 11.8 Å². The van der Waals surface area contributed by atoms with Crippen LogP contribution in [0.4, 0.5) is 31.1 Å². The molecule has 0 saturated carbocycles. The van der Waals surface area contributed by atoms with Crippen molar-refractivity contribution in [3.63, 3.8) is 0 Å². The van der Waals surface area contributed by atoms with Crippen molar-refractivity contribution in [1.82, 2.24) is 59.5 Å². The molecule has 2 amide bonds. The summed E-state index contributed by atoms with van der Waals surface area (Å²) >= 11 is 0. The SMILES string of the molecule is C=C1NC(=O)C=CN1[C@@H]1O[C@]2(CF)COP(=O)(OC(C)C)O[C@H]2[C@@]1(C)O.C=C1NC(=O)C=CN1[C@@H]1O[C@]2(CF)COP(=O)(OCOC(=O)OC(C)C)O[C@H]2[C@@]1(C)O.CCOc1nc(C)nc2c1ncn2[C@@H]1O[C@]2(F)COP(=O)(OCC(C)C)O[C@H]2[C@@]1(C)F.CCOc1nc(C)nc2c1ncn2[C@@H]1O[C@]2(F)COP(=O)(OCC)O[C@H]2[C@@]1(C)F. The number of aliphatic hydroxyl groups is 2. The average Bonchev–Trinajstić information content (AvgIpc) is 1.58. The summed E-state index contributed by atoms with van der Waals surface area (Å²) in [6, 6.07) is 0. The molecule has 0 bridgehead atoms. The molecule has 20 atom stereocenters. The zero-order valence-corrected chi connectivity index (χ0v) is 69.5. The number of carbonyl (C=O) groups is 3. The summed E-state index contributed by atoms with van der Waals surface area (Å²) in [7, 11) is -16.7. The molecular weight excluding hydrogens is 1660 g/mol. The third-order valence-electron chi connectivity index (χ3n) is 18.7. The van der Waals surface area contributed by atoms with E-state index in [2.05, 4.69) is 58.4 Å². The maximum Gasteiger partial charge on any atom is 0.510 e. The van der Waals surface area contributed by atoms with Gasteiger partial charge in [0.25, 0.3) is 23.5 Å². The van der Waals surface area contributed by atoms with E-state index in [0.717, 1.165) is 19.9 Å². The Bertz CT molecular complexity index is 4680. The molecule has 0 radical (unpaired) electrons. The second kappa shape index (κ2) is 33.9. The van der Waals surface area contributed by atoms with Crippen molar-refractivity contribution in [3.05, 3.63) is 73.7 Å². The summed E-state index contributed by atoms with van der Waals surface area (Å²) in [6.45, 7) is 25.8. The highest BCUT2D eigenvalue weighted by Crippen LogP contribution is 2.67. The molecule has 652 valence electrons. The third-order valence-corrected chi connectivity index (χ3v) is 24.5. The molecule has 8 fully saturated rings. The van der Waals surface area contributed by atoms with E-state index < -0.39 is 203 Å². The number of fused-ring (bicyclic) bond motifs is 6. The first-order chi connectivity index (χ1) is 54.6. The van der Waals surface area contributed by atoms with Crippen LogP contribution in [0.15, 0.2) is 62.0 Å². The van der Waals surface area contributed by atoms with Gasteiger partial charge in [0.2, 0.25) is 18.6 Å². The molecule has 4 unspecified atom stereocenters. The minimum atomic E-state index is -4.37. The zero-order valence-electron chi connectivity index (χ0n) is 66.0. The van der Waals surface area contributed by atoms with Gasteiger partial charge in [-0.15, -0.1) is 0 Å². The van der Waals surface area contributed by atoms with E-state index in [1.54, 1.807) is 62.3 Å². The molecule has 8 saturated heterocycles. The van der Waals surface area contributed by atoms with E-state index in [-0.39, 0.29) is 64.9 Å². The van der Waals surface area contributed by atoms with E-state index in [1.165, 1.54) is 63.9 Å². The first-order valence-corrected chi connectivity index (χ1v) is 42.2. The van der Waals surface area contributed by atoms with Crippen LogP contribution in [0, 0.1) is 19.8 Å². The van der Waals surface area contributed by atoms with Gasteiger partial charge in [-0.1, -0.05) is 27.0 Å². The molecule has 4 aromatic heterocycles. The van der Waals surface area contributed by atoms with Crippen molar-refractivity contribution >= 4 is 71.6 Å². The first-order valence-electron chi connectivity index (χ1n) is 36.4. The lowest BCUT2D eigenvalue weighted by molar-refractivity contribution is -0.220. The van der Waals surface area contributed by atoms with Gasteiger partial charge in [-0.3, -0.25) is 68.5 Å². The van der Waals surface area contributed by atoms with Gasteiger partial charge in [0.1, 0.15) is 73.3 Å². The van der Waals surface area contributed by atoms with E-state index in [4.69, 9.17) is 87.4 Å². The molecule has 0 aromatic carbocycles. The number of imidazole rings is 2. The summed E-state index contributed by atoms with van der Waals surface area (Å²) < 4.78 is 248. The van der Waals surface area contributed by atoms with Crippen LogP contribution in [0.2, 0.25) is 0 Å². The van der Waals surface area contributed by atoms with E-state index in [1.807, 2.05) is 13.8 Å². The maximum atomic E-state index is 16.0. The number of carbonyl (C=O) groups excluding carboxylic acids is 3. The fraction of sp³-hybridized carbons (Fsp3) is 0.682. The number of nitrogens with zero attached hydrogens (tertiary/aromatic N) is 10. The normalized spacial score (nSPS) is 38.1. The topological polar surface area (TPSA) is 462 Å². The van der Waals surface area contributed by atoms with Crippen LogP contribution < -0.4 is 20.1 Å². The quantitative estimate of drug-likeness (QED) is 0.0261. The van der Waals surface area contributed by atoms with Gasteiger partial charge in [-0.2, -0.15) is 9.97 Å². The zero-order chi connectivity index (χ0) is 86.0. The van der Waals surface area contributed by atoms with Crippen molar-refractivity contribution < 1.29 is 161 Å². The van der Waals surface area contributed by atoms with Crippen molar-refractivity contribution in [2.24, 2.45) is 5.92 Å². The Labute approximate surface area is 665 Å². The fourth-order valence-corrected chi connectivity index (χ4v) is 19.9. The monoisotopic (exact) mass is 1750 g/mol. The molecule has 4 N–H and O–H groups in total. The van der Waals surface area contributed by atoms with Gasteiger partial charge in [-0.05, 0) is 95.9 Å². The minimum absolute atomic E-state index is 0.0131. The Kier molecular flexibility index (Phi) is 26.4. The van der Waals surface area contributed by atoms with Gasteiger partial charge in [0.05, 0.1) is 64.5 Å². The summed E-state index contributed by atoms with van der Waals surface area (Å²) in [4.78, 5) is 62.2. The molecule has 0 spiro atoms. The molecule has 41 nitrogen and oxygen atoms in total. The number of phosphoric ester groups is 4. The van der Waals surface area contributed by atoms with Crippen molar-refractivity contribution in [2.45, 2.75) is 211 Å². The number of hydrogen-bond donors (Lipinski definition) is 4. The average molecular weight is 1760 g/mol. The standard InChI is InChI=1S/C18H25F2N4O6P.C17H24FN2O10P.C16H21F2N4O6P.C15H22FN2O7P/c1-6-26-14-12-13(22-11(4)23-14)24(9-21-12)16-17(5,19)15-18(20,29-16)8-28-31(25,30-15)27-7-10(2)3;1-10(2)28-15(22)25-9-27-31(24)26-8-17(7-18)13(30-31)16(4,23)14(29-17)20-6-5-12(21)19-11(20)3;1-5-24-12-10-11(20-9(3)21-12)22(8-19-10)14-15(4,17)13-16(18,27-14)7-26-29(23,28-13)25-6-2;1-9(2)24-26(21)22-8-15(7-16)12(25-26)14(4,20)13(23-15)18-6-5-11(19)17-10(18)3/h9-10,15-16H,6-8H2,1-5H3;5-6,10,13-14,23H,3,7-9H2,1-2,4H3,(H,19,21);8,13-14H,5-7H2,1-4H3;5-6,9,12-13,20H,3,7-8H2,1-2,4H3,(H,17,19)/t15-,16+,17+,18+,31?;13-,14+,16+,17+,31?;13-,14+,15+,16+,29?;12-,13+,14+,15+,26?/m0000/s1. The summed E-state index contributed by atoms with van der Waals surface area (Å²) in [5, 5.41) is 27.1. The highest BCUT2D eigenvalue weighted by atomic mass is 31.2.